The number of aromatic nitrogens is 1. The lowest BCUT2D eigenvalue weighted by Crippen LogP contribution is -2.21. The molecule has 1 aliphatic rings. The van der Waals surface area contributed by atoms with Crippen molar-refractivity contribution in [2.75, 3.05) is 4.90 Å². The van der Waals surface area contributed by atoms with Crippen molar-refractivity contribution in [1.29, 1.82) is 0 Å². The van der Waals surface area contributed by atoms with Gasteiger partial charge in [-0.15, -0.1) is 0 Å². The standard InChI is InChI=1S/C48H33N2OP/c51-52(40-18-8-3-9-19-40)46-23-13-11-20-41(46)42-32-33-45-47(48(42)52)43-21-10-12-22-44(43)50(45)39-30-28-38(29-31-39)49(36-16-6-2-7-17-36)37-26-24-35(25-27-37)34-14-4-1-5-15-34/h1-33H. The molecule has 9 aromatic rings. The van der Waals surface area contributed by atoms with Gasteiger partial charge >= 0.3 is 0 Å². The molecule has 246 valence electrons. The quantitative estimate of drug-likeness (QED) is 0.163. The van der Waals surface area contributed by atoms with E-state index in [1.807, 2.05) is 42.5 Å². The number of hydrogen-bond donors (Lipinski definition) is 0. The van der Waals surface area contributed by atoms with Crippen LogP contribution in [0, 0.1) is 0 Å². The van der Waals surface area contributed by atoms with Crippen LogP contribution in [-0.4, -0.2) is 4.57 Å². The van der Waals surface area contributed by atoms with Gasteiger partial charge in [0.15, 0.2) is 7.14 Å². The minimum Gasteiger partial charge on any atom is -0.311 e. The molecule has 10 rings (SSSR count). The lowest BCUT2D eigenvalue weighted by Gasteiger charge is -2.26. The second-order valence-corrected chi connectivity index (χ2v) is 15.9. The summed E-state index contributed by atoms with van der Waals surface area (Å²) in [6, 6.07) is 69.8. The smallest absolute Gasteiger partial charge is 0.172 e. The summed E-state index contributed by atoms with van der Waals surface area (Å²) >= 11 is 0. The Bertz CT molecular complexity index is 2790. The summed E-state index contributed by atoms with van der Waals surface area (Å²) in [6.07, 6.45) is 0. The van der Waals surface area contributed by atoms with Crippen molar-refractivity contribution in [3.8, 4) is 27.9 Å². The molecule has 0 radical (unpaired) electrons. The van der Waals surface area contributed by atoms with E-state index in [1.165, 1.54) is 11.1 Å². The number of nitrogens with zero attached hydrogens (tertiary/aromatic N) is 2. The fraction of sp³-hybridized carbons (Fsp3) is 0. The Kier molecular flexibility index (Phi) is 7.09. The van der Waals surface area contributed by atoms with Crippen molar-refractivity contribution in [3.63, 3.8) is 0 Å². The van der Waals surface area contributed by atoms with Gasteiger partial charge in [-0.1, -0.05) is 140 Å². The Balaban J connectivity index is 1.13. The molecular formula is C48H33N2OP. The van der Waals surface area contributed by atoms with Gasteiger partial charge < -0.3 is 14.0 Å². The predicted octanol–water partition coefficient (Wildman–Crippen LogP) is 11.5. The first-order valence-corrected chi connectivity index (χ1v) is 19.3. The van der Waals surface area contributed by atoms with Gasteiger partial charge in [-0.2, -0.15) is 0 Å². The normalized spacial score (nSPS) is 14.7. The highest BCUT2D eigenvalue weighted by Gasteiger charge is 2.42. The van der Waals surface area contributed by atoms with Gasteiger partial charge in [0.2, 0.25) is 0 Å². The molecule has 0 fully saturated rings. The number of rotatable bonds is 6. The summed E-state index contributed by atoms with van der Waals surface area (Å²) in [5.41, 5.74) is 10.9. The van der Waals surface area contributed by atoms with E-state index in [-0.39, 0.29) is 0 Å². The van der Waals surface area contributed by atoms with Gasteiger partial charge in [0.25, 0.3) is 0 Å². The summed E-state index contributed by atoms with van der Waals surface area (Å²) in [5.74, 6) is 0. The molecular weight excluding hydrogens is 652 g/mol. The van der Waals surface area contributed by atoms with Gasteiger partial charge in [0, 0.05) is 49.4 Å². The maximum atomic E-state index is 15.7. The fourth-order valence-electron chi connectivity index (χ4n) is 8.08. The second-order valence-electron chi connectivity index (χ2n) is 13.3. The highest BCUT2D eigenvalue weighted by Crippen LogP contribution is 2.55. The van der Waals surface area contributed by atoms with Crippen molar-refractivity contribution >= 4 is 61.9 Å². The number of para-hydroxylation sites is 2. The minimum atomic E-state index is -3.16. The molecule has 2 heterocycles. The van der Waals surface area contributed by atoms with Crippen LogP contribution < -0.4 is 20.8 Å². The zero-order valence-electron chi connectivity index (χ0n) is 28.3. The van der Waals surface area contributed by atoms with Crippen LogP contribution in [0.25, 0.3) is 49.7 Å². The molecule has 1 aromatic heterocycles. The van der Waals surface area contributed by atoms with Crippen molar-refractivity contribution in [2.24, 2.45) is 0 Å². The molecule has 0 bridgehead atoms. The molecule has 0 aliphatic carbocycles. The predicted molar refractivity (Wildman–Crippen MR) is 219 cm³/mol. The topological polar surface area (TPSA) is 25.2 Å². The molecule has 1 aliphatic heterocycles. The van der Waals surface area contributed by atoms with E-state index in [0.717, 1.165) is 71.6 Å². The molecule has 52 heavy (non-hydrogen) atoms. The monoisotopic (exact) mass is 684 g/mol. The van der Waals surface area contributed by atoms with Crippen molar-refractivity contribution in [1.82, 2.24) is 4.57 Å². The van der Waals surface area contributed by atoms with Crippen LogP contribution >= 0.6 is 7.14 Å². The second kappa shape index (κ2) is 12.1. The number of hydrogen-bond acceptors (Lipinski definition) is 2. The Labute approximate surface area is 303 Å². The average Bonchev–Trinajstić information content (AvgIpc) is 3.69. The third-order valence-corrected chi connectivity index (χ3v) is 13.6. The van der Waals surface area contributed by atoms with Crippen LogP contribution in [0.5, 0.6) is 0 Å². The highest BCUT2D eigenvalue weighted by molar-refractivity contribution is 7.86. The van der Waals surface area contributed by atoms with Crippen LogP contribution in [0.3, 0.4) is 0 Å². The van der Waals surface area contributed by atoms with E-state index in [0.29, 0.717) is 0 Å². The van der Waals surface area contributed by atoms with Crippen molar-refractivity contribution < 1.29 is 4.57 Å². The molecule has 0 amide bonds. The molecule has 0 N–H and O–H groups in total. The van der Waals surface area contributed by atoms with Gasteiger partial charge in [0.05, 0.1) is 11.0 Å². The zero-order chi connectivity index (χ0) is 34.6. The Morgan fingerprint density at radius 3 is 1.71 bits per heavy atom. The van der Waals surface area contributed by atoms with E-state index < -0.39 is 7.14 Å². The minimum absolute atomic E-state index is 0.868. The SMILES string of the molecule is O=P1(c2ccccc2)c2ccccc2-c2ccc3c(c21)c1ccccc1n3-c1ccc(N(c2ccccc2)c2ccc(-c3ccccc3)cc2)cc1. The first-order valence-electron chi connectivity index (χ1n) is 17.6. The van der Waals surface area contributed by atoms with Crippen molar-refractivity contribution in [3.05, 3.63) is 200 Å². The van der Waals surface area contributed by atoms with E-state index in [4.69, 9.17) is 0 Å². The van der Waals surface area contributed by atoms with Gasteiger partial charge in [-0.05, 0) is 82.9 Å². The van der Waals surface area contributed by atoms with Gasteiger partial charge in [-0.25, -0.2) is 0 Å². The highest BCUT2D eigenvalue weighted by atomic mass is 31.2. The Morgan fingerprint density at radius 1 is 0.423 bits per heavy atom. The maximum absolute atomic E-state index is 15.7. The zero-order valence-corrected chi connectivity index (χ0v) is 29.2. The van der Waals surface area contributed by atoms with E-state index in [1.54, 1.807) is 0 Å². The molecule has 0 saturated carbocycles. The van der Waals surface area contributed by atoms with Crippen LogP contribution in [-0.2, 0) is 4.57 Å². The molecule has 3 nitrogen and oxygen atoms in total. The summed E-state index contributed by atoms with van der Waals surface area (Å²) in [6.45, 7) is 0. The maximum Gasteiger partial charge on any atom is 0.172 e. The molecule has 1 atom stereocenters. The van der Waals surface area contributed by atoms with E-state index >= 15 is 4.57 Å². The van der Waals surface area contributed by atoms with Crippen LogP contribution in [0.1, 0.15) is 0 Å². The third kappa shape index (κ3) is 4.64. The number of fused-ring (bicyclic) bond motifs is 7. The van der Waals surface area contributed by atoms with E-state index in [2.05, 4.69) is 167 Å². The lowest BCUT2D eigenvalue weighted by molar-refractivity contribution is 0.593. The third-order valence-electron chi connectivity index (χ3n) is 10.4. The van der Waals surface area contributed by atoms with Crippen LogP contribution in [0.2, 0.25) is 0 Å². The molecule has 0 spiro atoms. The average molecular weight is 685 g/mol. The van der Waals surface area contributed by atoms with Gasteiger partial charge in [0.1, 0.15) is 0 Å². The number of benzene rings is 8. The first-order chi connectivity index (χ1) is 25.7. The summed E-state index contributed by atoms with van der Waals surface area (Å²) in [7, 11) is -3.16. The Morgan fingerprint density at radius 2 is 0.981 bits per heavy atom. The molecule has 8 aromatic carbocycles. The molecule has 0 saturated heterocycles. The first kappa shape index (κ1) is 30.4. The molecule has 4 heteroatoms. The number of anilines is 3. The lowest BCUT2D eigenvalue weighted by atomic mass is 10.0. The van der Waals surface area contributed by atoms with E-state index in [9.17, 15) is 0 Å². The van der Waals surface area contributed by atoms with Crippen molar-refractivity contribution in [2.45, 2.75) is 0 Å². The largest absolute Gasteiger partial charge is 0.311 e. The summed E-state index contributed by atoms with van der Waals surface area (Å²) < 4.78 is 18.1. The van der Waals surface area contributed by atoms with Gasteiger partial charge in [-0.3, -0.25) is 0 Å². The van der Waals surface area contributed by atoms with Crippen LogP contribution in [0.4, 0.5) is 17.1 Å². The summed E-state index contributed by atoms with van der Waals surface area (Å²) in [4.78, 5) is 2.30. The fourth-order valence-corrected chi connectivity index (χ4v) is 11.4. The summed E-state index contributed by atoms with van der Waals surface area (Å²) in [5, 5.41) is 4.89. The van der Waals surface area contributed by atoms with Crippen LogP contribution in [0.15, 0.2) is 200 Å². The molecule has 1 unspecified atom stereocenters. The Hall–Kier alpha value is -6.41.